The number of imidazole rings is 1. The Kier molecular flexibility index (Phi) is 3.47. The minimum Gasteiger partial charge on any atom is -0.386 e. The average Bonchev–Trinajstić information content (AvgIpc) is 2.97. The Morgan fingerprint density at radius 3 is 3.04 bits per heavy atom. The summed E-state index contributed by atoms with van der Waals surface area (Å²) in [4.78, 5) is 21.5. The lowest BCUT2D eigenvalue weighted by Crippen LogP contribution is -2.39. The minimum absolute atomic E-state index is 0.173. The number of aromatic nitrogens is 4. The monoisotopic (exact) mass is 407 g/mol. The number of nitrogen functional groups attached to an aromatic ring is 1. The molecule has 11 nitrogen and oxygen atoms in total. The van der Waals surface area contributed by atoms with E-state index in [-0.39, 0.29) is 12.4 Å². The molecule has 0 bridgehead atoms. The molecule has 2 aliphatic heterocycles. The summed E-state index contributed by atoms with van der Waals surface area (Å²) < 4.78 is 28.6. The maximum atomic E-state index is 11.5. The molecule has 4 rings (SSSR count). The van der Waals surface area contributed by atoms with Crippen molar-refractivity contribution in [3.05, 3.63) is 11.1 Å². The number of aliphatic hydroxyl groups is 1. The van der Waals surface area contributed by atoms with Gasteiger partial charge in [0.15, 0.2) is 27.9 Å². The Hall–Kier alpha value is -1.14. The van der Waals surface area contributed by atoms with Crippen LogP contribution in [0.25, 0.3) is 11.2 Å². The smallest absolute Gasteiger partial charge is 0.386 e. The zero-order valence-electron chi connectivity index (χ0n) is 11.3. The van der Waals surface area contributed by atoms with Crippen LogP contribution in [0.1, 0.15) is 6.23 Å². The molecule has 2 aromatic heterocycles. The van der Waals surface area contributed by atoms with Gasteiger partial charge in [-0.05, 0) is 15.9 Å². The molecule has 0 aromatic carbocycles. The van der Waals surface area contributed by atoms with Crippen LogP contribution in [0.5, 0.6) is 0 Å². The summed E-state index contributed by atoms with van der Waals surface area (Å²) in [6.07, 6.45) is -2.62. The maximum Gasteiger partial charge on any atom is 0.472 e. The van der Waals surface area contributed by atoms with Crippen molar-refractivity contribution >= 4 is 40.7 Å². The van der Waals surface area contributed by atoms with Crippen LogP contribution < -0.4 is 5.73 Å². The van der Waals surface area contributed by atoms with Crippen LogP contribution in [0, 0.1) is 0 Å². The Morgan fingerprint density at radius 1 is 1.48 bits per heavy atom. The predicted octanol–water partition coefficient (Wildman–Crippen LogP) is -0.0549. The topological polar surface area (TPSA) is 155 Å². The fraction of sp³-hybridized carbons (Fsp3) is 0.500. The molecular formula is C10H11BrN5O6P. The zero-order chi connectivity index (χ0) is 16.4. The van der Waals surface area contributed by atoms with Crippen LogP contribution in [-0.4, -0.2) is 54.4 Å². The number of phosphoric ester groups is 1. The zero-order valence-corrected chi connectivity index (χ0v) is 13.8. The summed E-state index contributed by atoms with van der Waals surface area (Å²) in [6, 6.07) is 0. The molecular weight excluding hydrogens is 397 g/mol. The number of halogens is 1. The fourth-order valence-corrected chi connectivity index (χ4v) is 4.19. The van der Waals surface area contributed by atoms with Crippen LogP contribution >= 0.6 is 23.8 Å². The number of hydrogen-bond acceptors (Lipinski definition) is 9. The van der Waals surface area contributed by atoms with E-state index in [1.807, 2.05) is 0 Å². The number of ether oxygens (including phenoxy) is 1. The van der Waals surface area contributed by atoms with Gasteiger partial charge in [-0.15, -0.1) is 0 Å². The van der Waals surface area contributed by atoms with Gasteiger partial charge in [-0.25, -0.2) is 19.5 Å². The van der Waals surface area contributed by atoms with Crippen molar-refractivity contribution in [3.63, 3.8) is 0 Å². The summed E-state index contributed by atoms with van der Waals surface area (Å²) in [6.45, 7) is -0.173. The Labute approximate surface area is 137 Å². The first-order valence-electron chi connectivity index (χ1n) is 6.50. The SMILES string of the molecule is Nc1ncnc2c1nc(Br)n2C1OC2COP(=O)(O)O[C@H]2[C@@H]1O. The van der Waals surface area contributed by atoms with Crippen LogP contribution in [-0.2, 0) is 18.3 Å². The molecule has 23 heavy (non-hydrogen) atoms. The molecule has 2 saturated heterocycles. The third-order valence-corrected chi connectivity index (χ3v) is 5.23. The van der Waals surface area contributed by atoms with E-state index in [1.54, 1.807) is 0 Å². The van der Waals surface area contributed by atoms with Crippen LogP contribution in [0.4, 0.5) is 5.82 Å². The van der Waals surface area contributed by atoms with Gasteiger partial charge < -0.3 is 20.5 Å². The quantitative estimate of drug-likeness (QED) is 0.432. The van der Waals surface area contributed by atoms with E-state index in [4.69, 9.17) is 19.5 Å². The van der Waals surface area contributed by atoms with Crippen molar-refractivity contribution < 1.29 is 28.3 Å². The van der Waals surface area contributed by atoms with E-state index in [9.17, 15) is 14.6 Å². The Balaban J connectivity index is 1.76. The van der Waals surface area contributed by atoms with E-state index in [0.717, 1.165) is 0 Å². The number of hydrogen-bond donors (Lipinski definition) is 3. The molecule has 0 aliphatic carbocycles. The van der Waals surface area contributed by atoms with Gasteiger partial charge in [-0.3, -0.25) is 13.6 Å². The summed E-state index contributed by atoms with van der Waals surface area (Å²) in [5, 5.41) is 10.5. The number of fused-ring (bicyclic) bond motifs is 2. The highest BCUT2D eigenvalue weighted by atomic mass is 79.9. The number of nitrogens with zero attached hydrogens (tertiary/aromatic N) is 4. The summed E-state index contributed by atoms with van der Waals surface area (Å²) in [5.74, 6) is 0.179. The van der Waals surface area contributed by atoms with Gasteiger partial charge in [-0.2, -0.15) is 0 Å². The fourth-order valence-electron chi connectivity index (χ4n) is 2.67. The van der Waals surface area contributed by atoms with Gasteiger partial charge >= 0.3 is 7.82 Å². The van der Waals surface area contributed by atoms with Gasteiger partial charge in [0, 0.05) is 0 Å². The lowest BCUT2D eigenvalue weighted by Gasteiger charge is -2.27. The standard InChI is InChI=1S/C10H11BrN5O6P/c11-10-15-4-7(12)13-2-14-8(4)16(10)9-5(17)6-3(21-9)1-20-23(18,19)22-6/h2-3,5-6,9,17H,1H2,(H,18,19)(H2,12,13,14)/t3?,5-,6+,9?/m0/s1. The second kappa shape index (κ2) is 5.18. The predicted molar refractivity (Wildman–Crippen MR) is 78.0 cm³/mol. The number of rotatable bonds is 1. The van der Waals surface area contributed by atoms with E-state index in [1.165, 1.54) is 10.9 Å². The first-order valence-corrected chi connectivity index (χ1v) is 8.79. The van der Waals surface area contributed by atoms with Crippen LogP contribution in [0.2, 0.25) is 0 Å². The number of anilines is 1. The van der Waals surface area contributed by atoms with Crippen LogP contribution in [0.15, 0.2) is 11.1 Å². The highest BCUT2D eigenvalue weighted by Crippen LogP contribution is 2.52. The largest absolute Gasteiger partial charge is 0.472 e. The summed E-state index contributed by atoms with van der Waals surface area (Å²) in [5.41, 5.74) is 6.45. The van der Waals surface area contributed by atoms with Crippen molar-refractivity contribution in [2.24, 2.45) is 0 Å². The van der Waals surface area contributed by atoms with Crippen molar-refractivity contribution in [3.8, 4) is 0 Å². The van der Waals surface area contributed by atoms with E-state index in [0.29, 0.717) is 15.9 Å². The number of aliphatic hydroxyl groups excluding tert-OH is 1. The third kappa shape index (κ3) is 2.38. The van der Waals surface area contributed by atoms with Gasteiger partial charge in [0.1, 0.15) is 24.6 Å². The van der Waals surface area contributed by atoms with Gasteiger partial charge in [-0.1, -0.05) is 0 Å². The van der Waals surface area contributed by atoms with E-state index >= 15 is 0 Å². The molecule has 3 unspecified atom stereocenters. The molecule has 0 saturated carbocycles. The molecule has 13 heteroatoms. The van der Waals surface area contributed by atoms with E-state index < -0.39 is 32.4 Å². The second-order valence-electron chi connectivity index (χ2n) is 5.07. The summed E-state index contributed by atoms with van der Waals surface area (Å²) in [7, 11) is -4.19. The molecule has 0 spiro atoms. The number of nitrogens with two attached hydrogens (primary N) is 1. The highest BCUT2D eigenvalue weighted by Gasteiger charge is 2.53. The lowest BCUT2D eigenvalue weighted by molar-refractivity contribution is -0.0669. The first kappa shape index (κ1) is 15.4. The van der Waals surface area contributed by atoms with E-state index in [2.05, 4.69) is 30.9 Å². The molecule has 0 amide bonds. The molecule has 2 aliphatic rings. The molecule has 2 aromatic rings. The Morgan fingerprint density at radius 2 is 2.26 bits per heavy atom. The van der Waals surface area contributed by atoms with Gasteiger partial charge in [0.2, 0.25) is 0 Å². The van der Waals surface area contributed by atoms with Crippen molar-refractivity contribution in [2.45, 2.75) is 24.5 Å². The molecule has 5 atom stereocenters. The van der Waals surface area contributed by atoms with Crippen molar-refractivity contribution in [2.75, 3.05) is 12.3 Å². The lowest BCUT2D eigenvalue weighted by atomic mass is 10.1. The molecule has 2 fully saturated rings. The summed E-state index contributed by atoms with van der Waals surface area (Å²) >= 11 is 3.26. The molecule has 4 N–H and O–H groups in total. The molecule has 124 valence electrons. The third-order valence-electron chi connectivity index (χ3n) is 3.68. The first-order chi connectivity index (χ1) is 10.9. The molecule has 4 heterocycles. The second-order valence-corrected chi connectivity index (χ2v) is 7.19. The van der Waals surface area contributed by atoms with Gasteiger partial charge in [0.05, 0.1) is 6.61 Å². The normalized spacial score (nSPS) is 37.2. The molecule has 0 radical (unpaired) electrons. The van der Waals surface area contributed by atoms with Crippen LogP contribution in [0.3, 0.4) is 0 Å². The Bertz CT molecular complexity index is 831. The highest BCUT2D eigenvalue weighted by molar-refractivity contribution is 9.10. The maximum absolute atomic E-state index is 11.5. The number of phosphoric acid groups is 1. The van der Waals surface area contributed by atoms with Crippen molar-refractivity contribution in [1.29, 1.82) is 0 Å². The van der Waals surface area contributed by atoms with Crippen molar-refractivity contribution in [1.82, 2.24) is 19.5 Å². The van der Waals surface area contributed by atoms with Gasteiger partial charge in [0.25, 0.3) is 0 Å². The average molecular weight is 408 g/mol. The minimum atomic E-state index is -4.19.